The summed E-state index contributed by atoms with van der Waals surface area (Å²) in [5.41, 5.74) is 3.22. The number of H-pyrrole nitrogens is 1. The number of benzene rings is 1. The molecule has 3 unspecified atom stereocenters. The smallest absolute Gasteiger partial charge is 0.410 e. The molecular weight excluding hydrogens is 478 g/mol. The Morgan fingerprint density at radius 2 is 1.76 bits per heavy atom. The molecule has 4 fully saturated rings. The van der Waals surface area contributed by atoms with E-state index in [0.29, 0.717) is 10.8 Å². The predicted octanol–water partition coefficient (Wildman–Crippen LogP) is 6.79. The number of carbonyl (C=O) groups is 1. The minimum atomic E-state index is -0.486. The highest BCUT2D eigenvalue weighted by atomic mass is 79.9. The van der Waals surface area contributed by atoms with Crippen molar-refractivity contribution in [2.24, 2.45) is 5.41 Å². The van der Waals surface area contributed by atoms with Gasteiger partial charge < -0.3 is 9.72 Å². The minimum Gasteiger partial charge on any atom is -0.444 e. The Balaban J connectivity index is 1.28. The van der Waals surface area contributed by atoms with Crippen LogP contribution in [-0.2, 0) is 15.6 Å². The van der Waals surface area contributed by atoms with Crippen molar-refractivity contribution in [1.82, 2.24) is 14.9 Å². The number of hydrogen-bond acceptors (Lipinski definition) is 3. The first-order chi connectivity index (χ1) is 15.7. The number of ether oxygens (including phenoxy) is 1. The van der Waals surface area contributed by atoms with Gasteiger partial charge in [-0.15, -0.1) is 0 Å². The van der Waals surface area contributed by atoms with E-state index in [4.69, 9.17) is 9.72 Å². The number of nitrogens with zero attached hydrogens (tertiary/aromatic N) is 2. The fourth-order valence-corrected chi connectivity index (χ4v) is 8.14. The molecule has 1 aliphatic heterocycles. The Bertz CT molecular complexity index is 1090. The number of imidazole rings is 1. The van der Waals surface area contributed by atoms with Gasteiger partial charge in [0, 0.05) is 33.7 Å². The lowest BCUT2D eigenvalue weighted by molar-refractivity contribution is -0.116. The summed E-state index contributed by atoms with van der Waals surface area (Å²) in [4.78, 5) is 23.3. The molecular formula is C27H34BrN3O2. The average molecular weight is 512 g/mol. The van der Waals surface area contributed by atoms with Crippen LogP contribution in [0.15, 0.2) is 34.9 Å². The lowest BCUT2D eigenvalue weighted by Gasteiger charge is -2.69. The number of carbonyl (C=O) groups excluding carboxylic acids is 1. The largest absolute Gasteiger partial charge is 0.444 e. The Kier molecular flexibility index (Phi) is 4.66. The predicted molar refractivity (Wildman–Crippen MR) is 131 cm³/mol. The van der Waals surface area contributed by atoms with E-state index in [1.54, 1.807) is 0 Å². The van der Waals surface area contributed by atoms with Crippen LogP contribution < -0.4 is 0 Å². The van der Waals surface area contributed by atoms with Crippen LogP contribution in [0, 0.1) is 5.41 Å². The van der Waals surface area contributed by atoms with Gasteiger partial charge in [-0.1, -0.05) is 28.1 Å². The molecule has 5 nitrogen and oxygen atoms in total. The van der Waals surface area contributed by atoms with Crippen LogP contribution in [0.4, 0.5) is 4.79 Å². The molecule has 1 spiro atoms. The molecule has 6 heteroatoms. The quantitative estimate of drug-likeness (QED) is 0.493. The van der Waals surface area contributed by atoms with Crippen molar-refractivity contribution in [2.75, 3.05) is 6.54 Å². The normalized spacial score (nSPS) is 34.9. The summed E-state index contributed by atoms with van der Waals surface area (Å²) >= 11 is 3.61. The molecule has 0 radical (unpaired) electrons. The van der Waals surface area contributed by atoms with Gasteiger partial charge in [0.2, 0.25) is 0 Å². The molecule has 1 aromatic heterocycles. The Hall–Kier alpha value is -1.82. The maximum atomic E-state index is 12.8. The van der Waals surface area contributed by atoms with Gasteiger partial charge in [-0.25, -0.2) is 9.78 Å². The number of aromatic amines is 1. The molecule has 1 aromatic carbocycles. The second-order valence-corrected chi connectivity index (χ2v) is 12.7. The zero-order valence-corrected chi connectivity index (χ0v) is 21.5. The summed E-state index contributed by atoms with van der Waals surface area (Å²) in [7, 11) is 0. The molecule has 1 amide bonds. The van der Waals surface area contributed by atoms with Crippen LogP contribution in [0.1, 0.15) is 95.3 Å². The van der Waals surface area contributed by atoms with Crippen molar-refractivity contribution < 1.29 is 9.53 Å². The minimum absolute atomic E-state index is 0.0138. The van der Waals surface area contributed by atoms with Crippen LogP contribution in [0.25, 0.3) is 0 Å². The number of nitrogens with one attached hydrogen (secondary N) is 1. The Labute approximate surface area is 204 Å². The summed E-state index contributed by atoms with van der Waals surface area (Å²) in [6.45, 7) is 6.50. The van der Waals surface area contributed by atoms with Gasteiger partial charge in [-0.05, 0) is 95.2 Å². The van der Waals surface area contributed by atoms with Gasteiger partial charge in [-0.3, -0.25) is 4.90 Å². The van der Waals surface area contributed by atoms with Gasteiger partial charge in [0.1, 0.15) is 11.4 Å². The Morgan fingerprint density at radius 3 is 2.39 bits per heavy atom. The topological polar surface area (TPSA) is 58.2 Å². The number of amides is 1. The number of rotatable bonds is 3. The zero-order chi connectivity index (χ0) is 23.1. The molecule has 6 rings (SSSR count). The lowest BCUT2D eigenvalue weighted by atomic mass is 9.34. The first-order valence-corrected chi connectivity index (χ1v) is 13.3. The van der Waals surface area contributed by atoms with Crippen LogP contribution in [-0.4, -0.2) is 33.1 Å². The van der Waals surface area contributed by atoms with Crippen molar-refractivity contribution >= 4 is 22.0 Å². The molecule has 3 saturated carbocycles. The number of halogens is 1. The van der Waals surface area contributed by atoms with E-state index in [0.717, 1.165) is 29.7 Å². The van der Waals surface area contributed by atoms with E-state index in [1.807, 2.05) is 25.7 Å². The molecule has 3 aliphatic carbocycles. The third kappa shape index (κ3) is 2.88. The fraction of sp³-hybridized carbons (Fsp3) is 0.630. The van der Waals surface area contributed by atoms with Crippen molar-refractivity contribution in [2.45, 2.75) is 94.6 Å². The third-order valence-corrected chi connectivity index (χ3v) is 10.0. The summed E-state index contributed by atoms with van der Waals surface area (Å²) in [6, 6.07) is 9.08. The number of aromatic nitrogens is 2. The monoisotopic (exact) mass is 511 g/mol. The molecule has 2 heterocycles. The third-order valence-electron chi connectivity index (χ3n) is 9.47. The maximum Gasteiger partial charge on any atom is 0.410 e. The van der Waals surface area contributed by atoms with E-state index in [2.05, 4.69) is 51.4 Å². The summed E-state index contributed by atoms with van der Waals surface area (Å²) in [5.74, 6) is 0.935. The van der Waals surface area contributed by atoms with Crippen molar-refractivity contribution in [3.05, 3.63) is 52.0 Å². The maximum absolute atomic E-state index is 12.8. The average Bonchev–Trinajstić information content (AvgIpc) is 3.41. The second kappa shape index (κ2) is 7.10. The Morgan fingerprint density at radius 1 is 1.09 bits per heavy atom. The number of likely N-dealkylation sites (tertiary alicyclic amines) is 1. The molecule has 1 saturated heterocycles. The van der Waals surface area contributed by atoms with Crippen molar-refractivity contribution in [1.29, 1.82) is 0 Å². The van der Waals surface area contributed by atoms with Crippen LogP contribution in [0.2, 0.25) is 0 Å². The van der Waals surface area contributed by atoms with E-state index >= 15 is 0 Å². The molecule has 176 valence electrons. The fourth-order valence-electron chi connectivity index (χ4n) is 7.87. The van der Waals surface area contributed by atoms with E-state index in [1.165, 1.54) is 49.8 Å². The van der Waals surface area contributed by atoms with Crippen molar-refractivity contribution in [3.8, 4) is 0 Å². The second-order valence-electron chi connectivity index (χ2n) is 11.8. The molecule has 4 atom stereocenters. The highest BCUT2D eigenvalue weighted by Crippen LogP contribution is 2.82. The highest BCUT2D eigenvalue weighted by molar-refractivity contribution is 9.10. The molecule has 2 aromatic rings. The summed E-state index contributed by atoms with van der Waals surface area (Å²) < 4.78 is 6.83. The summed E-state index contributed by atoms with van der Waals surface area (Å²) in [6.07, 6.45) is 11.4. The van der Waals surface area contributed by atoms with Gasteiger partial charge in [0.15, 0.2) is 0 Å². The molecule has 4 aliphatic rings. The highest BCUT2D eigenvalue weighted by Gasteiger charge is 2.77. The van der Waals surface area contributed by atoms with Crippen LogP contribution >= 0.6 is 15.9 Å². The van der Waals surface area contributed by atoms with Crippen molar-refractivity contribution in [3.63, 3.8) is 0 Å². The number of hydrogen-bond donors (Lipinski definition) is 1. The molecule has 1 N–H and O–H groups in total. The van der Waals surface area contributed by atoms with Gasteiger partial charge >= 0.3 is 6.09 Å². The van der Waals surface area contributed by atoms with Crippen LogP contribution in [0.5, 0.6) is 0 Å². The van der Waals surface area contributed by atoms with Gasteiger partial charge in [-0.2, -0.15) is 0 Å². The van der Waals surface area contributed by atoms with E-state index in [9.17, 15) is 4.79 Å². The molecule has 0 bridgehead atoms. The van der Waals surface area contributed by atoms with Gasteiger partial charge in [0.05, 0.1) is 6.04 Å². The zero-order valence-electron chi connectivity index (χ0n) is 19.9. The van der Waals surface area contributed by atoms with Crippen LogP contribution in [0.3, 0.4) is 0 Å². The first kappa shape index (κ1) is 21.7. The van der Waals surface area contributed by atoms with E-state index in [-0.39, 0.29) is 17.6 Å². The van der Waals surface area contributed by atoms with Gasteiger partial charge in [0.25, 0.3) is 0 Å². The standard InChI is InChI=1S/C27H34BrN3O2/c1-24(2,3)33-23(32)31-16-4-5-20(31)22-29-17-21(30-22)26-11-10-25(12-14-27(25,26)15-13-26)18-6-8-19(28)9-7-18/h6-9,17,20H,4-5,10-16H2,1-3H3,(H,29,30)/t20-,25?,26?,27?/m0/s1. The SMILES string of the molecule is CC(C)(C)OC(=O)N1CCC[C@H]1c1ncc(C23CCC4(c5ccc(Br)cc5)CCC42CC3)[nH]1. The van der Waals surface area contributed by atoms with E-state index < -0.39 is 5.60 Å². The summed E-state index contributed by atoms with van der Waals surface area (Å²) in [5, 5.41) is 0. The lowest BCUT2D eigenvalue weighted by Crippen LogP contribution is -2.65. The molecule has 33 heavy (non-hydrogen) atoms. The first-order valence-electron chi connectivity index (χ1n) is 12.5.